The maximum Gasteiger partial charge on any atom is 0.127 e. The van der Waals surface area contributed by atoms with Gasteiger partial charge in [-0.25, -0.2) is 4.39 Å². The summed E-state index contributed by atoms with van der Waals surface area (Å²) < 4.78 is 14.3. The highest BCUT2D eigenvalue weighted by molar-refractivity contribution is 5.18. The van der Waals surface area contributed by atoms with Gasteiger partial charge in [-0.15, -0.1) is 0 Å². The van der Waals surface area contributed by atoms with Crippen molar-refractivity contribution in [2.45, 2.75) is 63.6 Å². The van der Waals surface area contributed by atoms with Gasteiger partial charge in [0.2, 0.25) is 0 Å². The molecule has 0 radical (unpaired) electrons. The second-order valence-electron chi connectivity index (χ2n) is 8.54. The number of aliphatic hydroxyl groups is 1. The minimum Gasteiger partial charge on any atom is -0.396 e. The Labute approximate surface area is 157 Å². The van der Waals surface area contributed by atoms with E-state index in [-0.39, 0.29) is 12.4 Å². The summed E-state index contributed by atoms with van der Waals surface area (Å²) in [6, 6.07) is 8.54. The molecular weight excluding hydrogens is 327 g/mol. The Kier molecular flexibility index (Phi) is 5.92. The maximum absolute atomic E-state index is 14.3. The summed E-state index contributed by atoms with van der Waals surface area (Å²) in [5.41, 5.74) is 0.835. The highest BCUT2D eigenvalue weighted by Crippen LogP contribution is 2.43. The van der Waals surface area contributed by atoms with Crippen molar-refractivity contribution >= 4 is 0 Å². The molecule has 4 atom stereocenters. The fourth-order valence-electron chi connectivity index (χ4n) is 5.97. The lowest BCUT2D eigenvalue weighted by molar-refractivity contribution is -0.0815. The predicted molar refractivity (Wildman–Crippen MR) is 102 cm³/mol. The number of likely N-dealkylation sites (tertiary alicyclic amines) is 1. The van der Waals surface area contributed by atoms with E-state index in [0.29, 0.717) is 12.0 Å². The van der Waals surface area contributed by atoms with Gasteiger partial charge in [-0.05, 0) is 75.9 Å². The first-order chi connectivity index (χ1) is 12.8. The molecule has 0 spiro atoms. The molecule has 4 rings (SSSR count). The first-order valence-electron chi connectivity index (χ1n) is 10.6. The van der Waals surface area contributed by atoms with E-state index in [1.807, 2.05) is 12.1 Å². The van der Waals surface area contributed by atoms with Crippen molar-refractivity contribution in [1.29, 1.82) is 0 Å². The monoisotopic (exact) mass is 360 g/mol. The molecular formula is C22H33FN2O. The summed E-state index contributed by atoms with van der Waals surface area (Å²) in [4.78, 5) is 5.36. The van der Waals surface area contributed by atoms with E-state index < -0.39 is 0 Å². The van der Waals surface area contributed by atoms with E-state index in [4.69, 9.17) is 0 Å². The molecule has 0 aromatic heterocycles. The van der Waals surface area contributed by atoms with Gasteiger partial charge in [0.15, 0.2) is 0 Å². The fraction of sp³-hybridized carbons (Fsp3) is 0.727. The first-order valence-corrected chi connectivity index (χ1v) is 10.6. The van der Waals surface area contributed by atoms with Crippen LogP contribution in [0.5, 0.6) is 0 Å². The third-order valence-electron chi connectivity index (χ3n) is 7.02. The van der Waals surface area contributed by atoms with Crippen LogP contribution in [0.25, 0.3) is 0 Å². The van der Waals surface area contributed by atoms with Crippen molar-refractivity contribution in [1.82, 2.24) is 9.80 Å². The highest BCUT2D eigenvalue weighted by Gasteiger charge is 2.48. The number of benzene rings is 1. The lowest BCUT2D eigenvalue weighted by atomic mass is 9.69. The summed E-state index contributed by atoms with van der Waals surface area (Å²) >= 11 is 0. The molecule has 3 heterocycles. The summed E-state index contributed by atoms with van der Waals surface area (Å²) in [5.74, 6) is 1.39. The molecule has 3 aliphatic heterocycles. The Hall–Kier alpha value is -0.970. The second kappa shape index (κ2) is 8.37. The highest BCUT2D eigenvalue weighted by atomic mass is 19.1. The number of unbranched alkanes of at least 4 members (excludes halogenated alkanes) is 1. The smallest absolute Gasteiger partial charge is 0.127 e. The van der Waals surface area contributed by atoms with Gasteiger partial charge in [0.1, 0.15) is 5.82 Å². The topological polar surface area (TPSA) is 26.7 Å². The first kappa shape index (κ1) is 18.4. The Morgan fingerprint density at radius 3 is 2.69 bits per heavy atom. The van der Waals surface area contributed by atoms with Crippen LogP contribution in [0.1, 0.15) is 50.5 Å². The number of hydrogen-bond acceptors (Lipinski definition) is 3. The van der Waals surface area contributed by atoms with E-state index in [1.54, 1.807) is 12.1 Å². The van der Waals surface area contributed by atoms with Crippen molar-refractivity contribution < 1.29 is 9.50 Å². The number of halogens is 1. The number of rotatable bonds is 6. The Balaban J connectivity index is 1.56. The molecule has 3 fully saturated rings. The minimum atomic E-state index is -0.0716. The van der Waals surface area contributed by atoms with E-state index in [9.17, 15) is 9.50 Å². The van der Waals surface area contributed by atoms with Crippen LogP contribution in [0.15, 0.2) is 24.3 Å². The summed E-state index contributed by atoms with van der Waals surface area (Å²) in [6.45, 7) is 4.66. The van der Waals surface area contributed by atoms with Crippen LogP contribution in [-0.4, -0.2) is 53.2 Å². The molecule has 3 nitrogen and oxygen atoms in total. The van der Waals surface area contributed by atoms with Gasteiger partial charge in [0.25, 0.3) is 0 Å². The Bertz CT molecular complexity index is 593. The van der Waals surface area contributed by atoms with Gasteiger partial charge in [0.05, 0.1) is 0 Å². The number of hydrogen-bond donors (Lipinski definition) is 1. The molecule has 26 heavy (non-hydrogen) atoms. The van der Waals surface area contributed by atoms with Crippen molar-refractivity contribution in [3.05, 3.63) is 35.6 Å². The van der Waals surface area contributed by atoms with Crippen LogP contribution in [0.3, 0.4) is 0 Å². The summed E-state index contributed by atoms with van der Waals surface area (Å²) in [6.07, 6.45) is 8.35. The molecule has 144 valence electrons. The van der Waals surface area contributed by atoms with E-state index >= 15 is 0 Å². The third kappa shape index (κ3) is 3.69. The zero-order chi connectivity index (χ0) is 17.9. The molecule has 0 amide bonds. The quantitative estimate of drug-likeness (QED) is 0.784. The Morgan fingerprint density at radius 1 is 1.08 bits per heavy atom. The molecule has 1 N–H and O–H groups in total. The van der Waals surface area contributed by atoms with E-state index in [2.05, 4.69) is 9.80 Å². The molecule has 1 aromatic carbocycles. The van der Waals surface area contributed by atoms with Gasteiger partial charge in [0, 0.05) is 37.3 Å². The summed E-state index contributed by atoms with van der Waals surface area (Å²) in [7, 11) is 0. The van der Waals surface area contributed by atoms with Crippen LogP contribution >= 0.6 is 0 Å². The molecule has 0 unspecified atom stereocenters. The van der Waals surface area contributed by atoms with Crippen LogP contribution in [0, 0.1) is 17.7 Å². The lowest BCUT2D eigenvalue weighted by Crippen LogP contribution is -2.64. The Morgan fingerprint density at radius 2 is 1.88 bits per heavy atom. The number of aliphatic hydroxyl groups excluding tert-OH is 1. The molecule has 0 aliphatic carbocycles. The summed E-state index contributed by atoms with van der Waals surface area (Å²) in [5, 5.41) is 9.23. The van der Waals surface area contributed by atoms with E-state index in [0.717, 1.165) is 49.9 Å². The van der Waals surface area contributed by atoms with Gasteiger partial charge >= 0.3 is 0 Å². The van der Waals surface area contributed by atoms with Gasteiger partial charge in [-0.3, -0.25) is 9.80 Å². The van der Waals surface area contributed by atoms with Crippen LogP contribution in [0.2, 0.25) is 0 Å². The normalized spacial score (nSPS) is 32.4. The van der Waals surface area contributed by atoms with Crippen molar-refractivity contribution in [3.63, 3.8) is 0 Å². The van der Waals surface area contributed by atoms with Gasteiger partial charge < -0.3 is 5.11 Å². The average Bonchev–Trinajstić information content (AvgIpc) is 2.66. The van der Waals surface area contributed by atoms with Gasteiger partial charge in [-0.1, -0.05) is 18.2 Å². The zero-order valence-electron chi connectivity index (χ0n) is 15.8. The minimum absolute atomic E-state index is 0.0716. The van der Waals surface area contributed by atoms with Gasteiger partial charge in [-0.2, -0.15) is 0 Å². The zero-order valence-corrected chi connectivity index (χ0v) is 15.8. The maximum atomic E-state index is 14.3. The molecule has 1 aromatic rings. The number of nitrogens with zero attached hydrogens (tertiary/aromatic N) is 2. The second-order valence-corrected chi connectivity index (χ2v) is 8.54. The molecule has 4 heteroatoms. The lowest BCUT2D eigenvalue weighted by Gasteiger charge is -2.57. The molecule has 3 saturated heterocycles. The third-order valence-corrected chi connectivity index (χ3v) is 7.02. The van der Waals surface area contributed by atoms with Crippen molar-refractivity contribution in [2.24, 2.45) is 11.8 Å². The predicted octanol–water partition coefficient (Wildman–Crippen LogP) is 3.66. The molecule has 0 bridgehead atoms. The van der Waals surface area contributed by atoms with Crippen molar-refractivity contribution in [2.75, 3.05) is 26.2 Å². The van der Waals surface area contributed by atoms with E-state index in [1.165, 1.54) is 38.8 Å². The molecule has 3 aliphatic rings. The van der Waals surface area contributed by atoms with Crippen LogP contribution in [0.4, 0.5) is 4.39 Å². The molecule has 0 saturated carbocycles. The number of piperidine rings is 3. The SMILES string of the molecule is OCCCC[C@@H]1[C@H]2CCCN3CCC[C@H](CN1Cc1ccccc1F)[C@@H]23. The van der Waals surface area contributed by atoms with Crippen LogP contribution in [-0.2, 0) is 6.54 Å². The van der Waals surface area contributed by atoms with Crippen LogP contribution < -0.4 is 0 Å². The fourth-order valence-corrected chi connectivity index (χ4v) is 5.97. The standard InChI is InChI=1S/C22H33FN2O/c23-20-10-2-1-7-17(20)15-25-16-18-8-5-12-24-13-6-9-19(22(18)24)21(25)11-3-4-14-26/h1-2,7,10,18-19,21-22,26H,3-6,8-9,11-16H2/t18-,19-,21-,22+/m1/s1. The largest absolute Gasteiger partial charge is 0.396 e. The average molecular weight is 361 g/mol. The van der Waals surface area contributed by atoms with Crippen molar-refractivity contribution in [3.8, 4) is 0 Å².